The Bertz CT molecular complexity index is 844. The molecule has 1 atom stereocenters. The van der Waals surface area contributed by atoms with E-state index in [0.717, 1.165) is 30.0 Å². The molecule has 6 nitrogen and oxygen atoms in total. The molecule has 1 aliphatic heterocycles. The largest absolute Gasteiger partial charge is 0.462 e. The SMILES string of the molecule is CCOC(=O)c1cc(C)n(CC(=O)N2CCN(C)CC2c2ccccc2)c1C. The molecule has 0 aliphatic carbocycles. The van der Waals surface area contributed by atoms with E-state index in [-0.39, 0.29) is 24.5 Å². The first kappa shape index (κ1) is 20.1. The number of carbonyl (C=O) groups is 2. The first-order chi connectivity index (χ1) is 13.4. The topological polar surface area (TPSA) is 54.8 Å². The van der Waals surface area contributed by atoms with Gasteiger partial charge in [-0.25, -0.2) is 4.79 Å². The third-order valence-corrected chi connectivity index (χ3v) is 5.45. The van der Waals surface area contributed by atoms with Gasteiger partial charge in [0, 0.05) is 31.0 Å². The third-order valence-electron chi connectivity index (χ3n) is 5.45. The van der Waals surface area contributed by atoms with E-state index in [2.05, 4.69) is 24.1 Å². The summed E-state index contributed by atoms with van der Waals surface area (Å²) in [7, 11) is 2.09. The average molecular weight is 383 g/mol. The molecule has 0 radical (unpaired) electrons. The molecule has 0 spiro atoms. The van der Waals surface area contributed by atoms with Gasteiger partial charge in [0.15, 0.2) is 0 Å². The Hall–Kier alpha value is -2.60. The third kappa shape index (κ3) is 4.12. The van der Waals surface area contributed by atoms with Gasteiger partial charge in [0.1, 0.15) is 6.54 Å². The molecule has 3 rings (SSSR count). The highest BCUT2D eigenvalue weighted by atomic mass is 16.5. The van der Waals surface area contributed by atoms with Crippen LogP contribution < -0.4 is 0 Å². The molecule has 1 aliphatic rings. The summed E-state index contributed by atoms with van der Waals surface area (Å²) >= 11 is 0. The second-order valence-electron chi connectivity index (χ2n) is 7.37. The molecule has 1 saturated heterocycles. The summed E-state index contributed by atoms with van der Waals surface area (Å²) in [4.78, 5) is 29.6. The van der Waals surface area contributed by atoms with E-state index in [1.165, 1.54) is 0 Å². The highest BCUT2D eigenvalue weighted by Gasteiger charge is 2.31. The number of carbonyl (C=O) groups excluding carboxylic acids is 2. The minimum atomic E-state index is -0.337. The standard InChI is InChI=1S/C22H29N3O3/c1-5-28-22(27)19-13-16(2)25(17(19)3)15-21(26)24-12-11-23(4)14-20(24)18-9-7-6-8-10-18/h6-10,13,20H,5,11-12,14-15H2,1-4H3. The molecule has 2 heterocycles. The van der Waals surface area contributed by atoms with E-state index in [0.29, 0.717) is 18.7 Å². The smallest absolute Gasteiger partial charge is 0.339 e. The van der Waals surface area contributed by atoms with Gasteiger partial charge in [-0.2, -0.15) is 0 Å². The van der Waals surface area contributed by atoms with Crippen molar-refractivity contribution in [1.82, 2.24) is 14.4 Å². The normalized spacial score (nSPS) is 17.6. The van der Waals surface area contributed by atoms with E-state index >= 15 is 0 Å². The average Bonchev–Trinajstić information content (AvgIpc) is 2.97. The molecule has 1 aromatic heterocycles. The van der Waals surface area contributed by atoms with Crippen LogP contribution in [0, 0.1) is 13.8 Å². The van der Waals surface area contributed by atoms with Gasteiger partial charge in [-0.15, -0.1) is 0 Å². The number of amides is 1. The fourth-order valence-corrected chi connectivity index (χ4v) is 3.86. The molecule has 1 amide bonds. The van der Waals surface area contributed by atoms with Gasteiger partial charge in [0.05, 0.1) is 18.2 Å². The molecule has 1 aromatic carbocycles. The van der Waals surface area contributed by atoms with E-state index < -0.39 is 0 Å². The number of nitrogens with zero attached hydrogens (tertiary/aromatic N) is 3. The van der Waals surface area contributed by atoms with Crippen LogP contribution in [0.3, 0.4) is 0 Å². The van der Waals surface area contributed by atoms with Gasteiger partial charge in [-0.05, 0) is 39.4 Å². The van der Waals surface area contributed by atoms with Crippen LogP contribution in [0.4, 0.5) is 0 Å². The van der Waals surface area contributed by atoms with Crippen LogP contribution in [0.15, 0.2) is 36.4 Å². The number of ether oxygens (including phenoxy) is 1. The first-order valence-electron chi connectivity index (χ1n) is 9.79. The zero-order valence-electron chi connectivity index (χ0n) is 17.1. The van der Waals surface area contributed by atoms with Gasteiger partial charge in [0.25, 0.3) is 0 Å². The van der Waals surface area contributed by atoms with Gasteiger partial charge < -0.3 is 19.1 Å². The van der Waals surface area contributed by atoms with Gasteiger partial charge >= 0.3 is 5.97 Å². The number of rotatable bonds is 5. The van der Waals surface area contributed by atoms with Crippen LogP contribution >= 0.6 is 0 Å². The first-order valence-corrected chi connectivity index (χ1v) is 9.79. The molecule has 1 fully saturated rings. The van der Waals surface area contributed by atoms with E-state index in [9.17, 15) is 9.59 Å². The van der Waals surface area contributed by atoms with Crippen LogP contribution in [-0.4, -0.2) is 59.5 Å². The quantitative estimate of drug-likeness (QED) is 0.745. The molecule has 0 saturated carbocycles. The van der Waals surface area contributed by atoms with E-state index in [1.807, 2.05) is 41.5 Å². The Labute approximate surface area is 166 Å². The van der Waals surface area contributed by atoms with Crippen molar-refractivity contribution in [3.8, 4) is 0 Å². The number of benzene rings is 1. The summed E-state index contributed by atoms with van der Waals surface area (Å²) in [6.45, 7) is 8.50. The second-order valence-corrected chi connectivity index (χ2v) is 7.37. The summed E-state index contributed by atoms with van der Waals surface area (Å²) in [6.07, 6.45) is 0. The maximum atomic E-state index is 13.2. The fourth-order valence-electron chi connectivity index (χ4n) is 3.86. The Balaban J connectivity index is 1.82. The number of esters is 1. The van der Waals surface area contributed by atoms with Crippen molar-refractivity contribution in [3.63, 3.8) is 0 Å². The lowest BCUT2D eigenvalue weighted by atomic mass is 10.0. The Morgan fingerprint density at radius 3 is 2.54 bits per heavy atom. The molecular formula is C22H29N3O3. The van der Waals surface area contributed by atoms with Crippen LogP contribution in [0.2, 0.25) is 0 Å². The molecule has 28 heavy (non-hydrogen) atoms. The predicted octanol–water partition coefficient (Wildman–Crippen LogP) is 2.80. The van der Waals surface area contributed by atoms with Gasteiger partial charge in [-0.1, -0.05) is 30.3 Å². The highest BCUT2D eigenvalue weighted by molar-refractivity contribution is 5.91. The lowest BCUT2D eigenvalue weighted by Gasteiger charge is -2.40. The van der Waals surface area contributed by atoms with Gasteiger partial charge in [-0.3, -0.25) is 4.79 Å². The number of piperazine rings is 1. The Morgan fingerprint density at radius 1 is 1.14 bits per heavy atom. The van der Waals surface area contributed by atoms with Crippen molar-refractivity contribution < 1.29 is 14.3 Å². The molecule has 1 unspecified atom stereocenters. The number of hydrogen-bond acceptors (Lipinski definition) is 4. The zero-order chi connectivity index (χ0) is 20.3. The molecule has 6 heteroatoms. The van der Waals surface area contributed by atoms with Crippen LogP contribution in [-0.2, 0) is 16.1 Å². The summed E-state index contributed by atoms with van der Waals surface area (Å²) in [5, 5.41) is 0. The molecular weight excluding hydrogens is 354 g/mol. The van der Waals surface area contributed by atoms with E-state index in [4.69, 9.17) is 4.74 Å². The summed E-state index contributed by atoms with van der Waals surface area (Å²) in [5.74, 6) is -0.268. The molecule has 0 N–H and O–H groups in total. The number of aryl methyl sites for hydroxylation is 1. The fraction of sp³-hybridized carbons (Fsp3) is 0.455. The molecule has 0 bridgehead atoms. The minimum absolute atomic E-state index is 0.0353. The minimum Gasteiger partial charge on any atom is -0.462 e. The maximum absolute atomic E-state index is 13.2. The number of likely N-dealkylation sites (N-methyl/N-ethyl adjacent to an activating group) is 1. The van der Waals surface area contributed by atoms with Crippen LogP contribution in [0.25, 0.3) is 0 Å². The Morgan fingerprint density at radius 2 is 1.86 bits per heavy atom. The highest BCUT2D eigenvalue weighted by Crippen LogP contribution is 2.26. The van der Waals surface area contributed by atoms with Gasteiger partial charge in [0.2, 0.25) is 5.91 Å². The summed E-state index contributed by atoms with van der Waals surface area (Å²) in [6, 6.07) is 12.0. The lowest BCUT2D eigenvalue weighted by molar-refractivity contribution is -0.136. The molecule has 150 valence electrons. The maximum Gasteiger partial charge on any atom is 0.339 e. The van der Waals surface area contributed by atoms with Crippen molar-refractivity contribution >= 4 is 11.9 Å². The van der Waals surface area contributed by atoms with Crippen molar-refractivity contribution in [2.45, 2.75) is 33.4 Å². The zero-order valence-corrected chi connectivity index (χ0v) is 17.1. The number of aromatic nitrogens is 1. The predicted molar refractivity (Wildman–Crippen MR) is 108 cm³/mol. The molecule has 2 aromatic rings. The van der Waals surface area contributed by atoms with Crippen molar-refractivity contribution in [1.29, 1.82) is 0 Å². The summed E-state index contributed by atoms with van der Waals surface area (Å²) in [5.41, 5.74) is 3.34. The van der Waals surface area contributed by atoms with Crippen molar-refractivity contribution in [2.24, 2.45) is 0 Å². The van der Waals surface area contributed by atoms with E-state index in [1.54, 1.807) is 13.0 Å². The van der Waals surface area contributed by atoms with Crippen molar-refractivity contribution in [2.75, 3.05) is 33.3 Å². The Kier molecular flexibility index (Phi) is 6.19. The second kappa shape index (κ2) is 8.61. The number of hydrogen-bond donors (Lipinski definition) is 0. The van der Waals surface area contributed by atoms with Crippen molar-refractivity contribution in [3.05, 3.63) is 58.9 Å². The van der Waals surface area contributed by atoms with Crippen LogP contribution in [0.5, 0.6) is 0 Å². The summed E-state index contributed by atoms with van der Waals surface area (Å²) < 4.78 is 7.04. The monoisotopic (exact) mass is 383 g/mol. The lowest BCUT2D eigenvalue weighted by Crippen LogP contribution is -2.50. The van der Waals surface area contributed by atoms with Crippen LogP contribution in [0.1, 0.15) is 40.3 Å².